The van der Waals surface area contributed by atoms with E-state index in [0.717, 1.165) is 19.4 Å². The molecule has 0 N–H and O–H groups in total. The van der Waals surface area contributed by atoms with Crippen molar-refractivity contribution in [2.45, 2.75) is 24.6 Å². The molecule has 2 nitrogen and oxygen atoms in total. The minimum absolute atomic E-state index is 0.0314. The van der Waals surface area contributed by atoms with Crippen LogP contribution in [0.3, 0.4) is 0 Å². The topological polar surface area (TPSA) is 20.3 Å². The van der Waals surface area contributed by atoms with Gasteiger partial charge < -0.3 is 4.90 Å². The van der Waals surface area contributed by atoms with Crippen molar-refractivity contribution in [1.29, 1.82) is 0 Å². The molecule has 0 atom stereocenters. The highest BCUT2D eigenvalue weighted by Crippen LogP contribution is 2.33. The Balaban J connectivity index is 1.99. The van der Waals surface area contributed by atoms with Gasteiger partial charge in [-0.15, -0.1) is 0 Å². The molecule has 0 bridgehead atoms. The molecule has 98 valence electrons. The summed E-state index contributed by atoms with van der Waals surface area (Å²) in [5, 5.41) is 0. The van der Waals surface area contributed by atoms with Crippen LogP contribution >= 0.6 is 15.9 Å². The Labute approximate surface area is 115 Å². The quantitative estimate of drug-likeness (QED) is 0.783. The standard InChI is InChI=1S/C14H17BrFNO/c1-9-5-11(3-4-13(9)16)14(18)17(2)8-10-6-12(15)7-10/h3-5,10,12H,6-8H2,1-2H3. The molecule has 0 aliphatic heterocycles. The van der Waals surface area contributed by atoms with Gasteiger partial charge in [0, 0.05) is 24.0 Å². The maximum Gasteiger partial charge on any atom is 0.253 e. The van der Waals surface area contributed by atoms with Crippen LogP contribution in [0.25, 0.3) is 0 Å². The zero-order valence-electron chi connectivity index (χ0n) is 10.6. The highest BCUT2D eigenvalue weighted by molar-refractivity contribution is 9.09. The van der Waals surface area contributed by atoms with Crippen LogP contribution in [-0.2, 0) is 0 Å². The number of carbonyl (C=O) groups is 1. The van der Waals surface area contributed by atoms with Gasteiger partial charge >= 0.3 is 0 Å². The second kappa shape index (κ2) is 5.39. The number of hydrogen-bond acceptors (Lipinski definition) is 1. The van der Waals surface area contributed by atoms with Crippen molar-refractivity contribution >= 4 is 21.8 Å². The van der Waals surface area contributed by atoms with E-state index in [0.29, 0.717) is 21.9 Å². The first-order chi connectivity index (χ1) is 8.47. The monoisotopic (exact) mass is 313 g/mol. The van der Waals surface area contributed by atoms with Crippen molar-refractivity contribution in [3.05, 3.63) is 35.1 Å². The number of hydrogen-bond donors (Lipinski definition) is 0. The fraction of sp³-hybridized carbons (Fsp3) is 0.500. The van der Waals surface area contributed by atoms with Gasteiger partial charge in [0.2, 0.25) is 0 Å². The normalized spacial score (nSPS) is 22.4. The molecule has 0 spiro atoms. The summed E-state index contributed by atoms with van der Waals surface area (Å²) in [7, 11) is 1.81. The van der Waals surface area contributed by atoms with Crippen molar-refractivity contribution < 1.29 is 9.18 Å². The van der Waals surface area contributed by atoms with E-state index in [1.165, 1.54) is 6.07 Å². The molecule has 1 saturated carbocycles. The van der Waals surface area contributed by atoms with Crippen LogP contribution in [0, 0.1) is 18.7 Å². The molecule has 0 unspecified atom stereocenters. The van der Waals surface area contributed by atoms with Gasteiger partial charge in [-0.3, -0.25) is 4.79 Å². The van der Waals surface area contributed by atoms with Crippen molar-refractivity contribution in [3.63, 3.8) is 0 Å². The minimum atomic E-state index is -0.268. The highest BCUT2D eigenvalue weighted by atomic mass is 79.9. The molecule has 1 fully saturated rings. The molecule has 0 saturated heterocycles. The maximum absolute atomic E-state index is 13.1. The second-order valence-corrected chi connectivity index (χ2v) is 6.38. The lowest BCUT2D eigenvalue weighted by Gasteiger charge is -2.34. The van der Waals surface area contributed by atoms with Gasteiger partial charge in [-0.05, 0) is 49.4 Å². The Bertz CT molecular complexity index is 457. The molecule has 4 heteroatoms. The van der Waals surface area contributed by atoms with Gasteiger partial charge in [-0.25, -0.2) is 4.39 Å². The second-order valence-electron chi connectivity index (χ2n) is 5.08. The van der Waals surface area contributed by atoms with Crippen LogP contribution in [0.1, 0.15) is 28.8 Å². The Morgan fingerprint density at radius 3 is 2.72 bits per heavy atom. The predicted octanol–water partition coefficient (Wildman–Crippen LogP) is 3.38. The number of nitrogens with zero attached hydrogens (tertiary/aromatic N) is 1. The number of amides is 1. The predicted molar refractivity (Wildman–Crippen MR) is 73.5 cm³/mol. The molecule has 0 radical (unpaired) electrons. The Morgan fingerprint density at radius 2 is 2.17 bits per heavy atom. The summed E-state index contributed by atoms with van der Waals surface area (Å²) in [5.41, 5.74) is 1.07. The summed E-state index contributed by atoms with van der Waals surface area (Å²) >= 11 is 3.54. The third kappa shape index (κ3) is 2.91. The first kappa shape index (κ1) is 13.5. The van der Waals surface area contributed by atoms with E-state index in [2.05, 4.69) is 15.9 Å². The van der Waals surface area contributed by atoms with Gasteiger partial charge in [0.05, 0.1) is 0 Å². The number of rotatable bonds is 3. The van der Waals surface area contributed by atoms with E-state index >= 15 is 0 Å². The van der Waals surface area contributed by atoms with E-state index in [4.69, 9.17) is 0 Å². The van der Waals surface area contributed by atoms with E-state index in [1.54, 1.807) is 24.0 Å². The zero-order valence-corrected chi connectivity index (χ0v) is 12.2. The highest BCUT2D eigenvalue weighted by Gasteiger charge is 2.28. The van der Waals surface area contributed by atoms with Crippen molar-refractivity contribution in [3.8, 4) is 0 Å². The molecule has 1 aliphatic rings. The number of carbonyl (C=O) groups excluding carboxylic acids is 1. The number of halogens is 2. The summed E-state index contributed by atoms with van der Waals surface area (Å²) in [6, 6.07) is 4.52. The lowest BCUT2D eigenvalue weighted by atomic mass is 9.85. The van der Waals surface area contributed by atoms with Gasteiger partial charge in [0.25, 0.3) is 5.91 Å². The molecule has 1 aromatic rings. The first-order valence-electron chi connectivity index (χ1n) is 6.13. The van der Waals surface area contributed by atoms with Crippen LogP contribution in [0.5, 0.6) is 0 Å². The third-order valence-electron chi connectivity index (χ3n) is 3.46. The Hall–Kier alpha value is -0.900. The van der Waals surface area contributed by atoms with Crippen LogP contribution in [0.4, 0.5) is 4.39 Å². The van der Waals surface area contributed by atoms with E-state index in [-0.39, 0.29) is 11.7 Å². The molecule has 1 aromatic carbocycles. The Kier molecular flexibility index (Phi) is 4.05. The van der Waals surface area contributed by atoms with Crippen LogP contribution in [0.2, 0.25) is 0 Å². The molecule has 2 rings (SSSR count). The average molecular weight is 314 g/mol. The maximum atomic E-state index is 13.1. The van der Waals surface area contributed by atoms with Gasteiger partial charge in [-0.2, -0.15) is 0 Å². The van der Waals surface area contributed by atoms with Gasteiger partial charge in [0.1, 0.15) is 5.82 Å². The van der Waals surface area contributed by atoms with Gasteiger partial charge in [-0.1, -0.05) is 15.9 Å². The SMILES string of the molecule is Cc1cc(C(=O)N(C)CC2CC(Br)C2)ccc1F. The molecular weight excluding hydrogens is 297 g/mol. The van der Waals surface area contributed by atoms with Crippen LogP contribution in [-0.4, -0.2) is 29.2 Å². The average Bonchev–Trinajstić information content (AvgIpc) is 2.29. The summed E-state index contributed by atoms with van der Waals surface area (Å²) in [5.74, 6) is 0.288. The zero-order chi connectivity index (χ0) is 13.3. The summed E-state index contributed by atoms with van der Waals surface area (Å²) < 4.78 is 13.1. The van der Waals surface area contributed by atoms with Crippen molar-refractivity contribution in [1.82, 2.24) is 4.90 Å². The molecule has 0 heterocycles. The van der Waals surface area contributed by atoms with Crippen LogP contribution < -0.4 is 0 Å². The van der Waals surface area contributed by atoms with Crippen molar-refractivity contribution in [2.24, 2.45) is 5.92 Å². The number of aryl methyl sites for hydroxylation is 1. The Morgan fingerprint density at radius 1 is 1.50 bits per heavy atom. The summed E-state index contributed by atoms with van der Waals surface area (Å²) in [6.07, 6.45) is 2.25. The lowest BCUT2D eigenvalue weighted by molar-refractivity contribution is 0.0748. The summed E-state index contributed by atoms with van der Waals surface area (Å²) in [4.78, 5) is 14.5. The molecule has 0 aromatic heterocycles. The summed E-state index contributed by atoms with van der Waals surface area (Å²) in [6.45, 7) is 2.45. The van der Waals surface area contributed by atoms with Gasteiger partial charge in [0.15, 0.2) is 0 Å². The van der Waals surface area contributed by atoms with E-state index < -0.39 is 0 Å². The van der Waals surface area contributed by atoms with Crippen molar-refractivity contribution in [2.75, 3.05) is 13.6 Å². The molecule has 1 aliphatic carbocycles. The molecular formula is C14H17BrFNO. The number of benzene rings is 1. The number of alkyl halides is 1. The lowest BCUT2D eigenvalue weighted by Crippen LogP contribution is -2.37. The smallest absolute Gasteiger partial charge is 0.253 e. The first-order valence-corrected chi connectivity index (χ1v) is 7.04. The largest absolute Gasteiger partial charge is 0.341 e. The minimum Gasteiger partial charge on any atom is -0.341 e. The fourth-order valence-electron chi connectivity index (χ4n) is 2.27. The van der Waals surface area contributed by atoms with Crippen LogP contribution in [0.15, 0.2) is 18.2 Å². The van der Waals surface area contributed by atoms with E-state index in [1.807, 2.05) is 7.05 Å². The molecule has 18 heavy (non-hydrogen) atoms. The van der Waals surface area contributed by atoms with E-state index in [9.17, 15) is 9.18 Å². The molecule has 1 amide bonds. The fourth-order valence-corrected chi connectivity index (χ4v) is 3.33. The third-order valence-corrected chi connectivity index (χ3v) is 4.21.